The van der Waals surface area contributed by atoms with Crippen molar-refractivity contribution in [3.8, 4) is 0 Å². The first-order valence-electron chi connectivity index (χ1n) is 5.90. The monoisotopic (exact) mass is 229 g/mol. The topological polar surface area (TPSA) is 12.9 Å². The summed E-state index contributed by atoms with van der Waals surface area (Å²) in [6.07, 6.45) is 3.49. The lowest BCUT2D eigenvalue weighted by atomic mass is 10.0. The van der Waals surface area contributed by atoms with Gasteiger partial charge in [0.2, 0.25) is 0 Å². The largest absolute Gasteiger partial charge is 0.246 e. The van der Waals surface area contributed by atoms with E-state index in [1.54, 1.807) is 0 Å². The van der Waals surface area contributed by atoms with Crippen molar-refractivity contribution in [1.82, 2.24) is 4.98 Å². The molecule has 0 radical (unpaired) electrons. The molecule has 2 aromatic rings. The van der Waals surface area contributed by atoms with Gasteiger partial charge in [-0.05, 0) is 30.4 Å². The smallest absolute Gasteiger partial charge is 0.100 e. The number of aromatic nitrogens is 1. The van der Waals surface area contributed by atoms with Crippen LogP contribution >= 0.6 is 11.3 Å². The van der Waals surface area contributed by atoms with E-state index in [0.29, 0.717) is 5.92 Å². The summed E-state index contributed by atoms with van der Waals surface area (Å²) in [6, 6.07) is 8.80. The summed E-state index contributed by atoms with van der Waals surface area (Å²) < 4.78 is 0. The molecule has 1 heterocycles. The maximum Gasteiger partial charge on any atom is 0.100 e. The van der Waals surface area contributed by atoms with Gasteiger partial charge in [0.1, 0.15) is 5.01 Å². The minimum atomic E-state index is 0.557. The van der Waals surface area contributed by atoms with Crippen molar-refractivity contribution in [2.75, 3.05) is 0 Å². The van der Waals surface area contributed by atoms with Gasteiger partial charge < -0.3 is 0 Å². The molecule has 0 amide bonds. The van der Waals surface area contributed by atoms with Crippen LogP contribution in [-0.4, -0.2) is 4.98 Å². The molecule has 0 bridgehead atoms. The van der Waals surface area contributed by atoms with Gasteiger partial charge in [-0.2, -0.15) is 0 Å². The second kappa shape index (κ2) is 4.02. The molecule has 0 spiro atoms. The molecule has 1 nitrogen and oxygen atoms in total. The second-order valence-corrected chi connectivity index (χ2v) is 5.21. The third kappa shape index (κ3) is 1.57. The van der Waals surface area contributed by atoms with Crippen LogP contribution in [0.2, 0.25) is 0 Å². The Morgan fingerprint density at radius 2 is 2.25 bits per heavy atom. The number of hydrogen-bond acceptors (Lipinski definition) is 2. The summed E-state index contributed by atoms with van der Waals surface area (Å²) in [7, 11) is 0. The predicted octanol–water partition coefficient (Wildman–Crippen LogP) is 3.78. The van der Waals surface area contributed by atoms with Crippen molar-refractivity contribution in [2.24, 2.45) is 0 Å². The van der Waals surface area contributed by atoms with Crippen LogP contribution in [0.3, 0.4) is 0 Å². The van der Waals surface area contributed by atoms with Gasteiger partial charge in [-0.25, -0.2) is 4.98 Å². The van der Waals surface area contributed by atoms with Crippen molar-refractivity contribution in [3.63, 3.8) is 0 Å². The Hall–Kier alpha value is -1.15. The third-order valence-corrected chi connectivity index (χ3v) is 4.37. The minimum Gasteiger partial charge on any atom is -0.246 e. The lowest BCUT2D eigenvalue weighted by molar-refractivity contribution is 0.775. The molecule has 1 aliphatic rings. The number of aryl methyl sites for hydroxylation is 2. The number of hydrogen-bond donors (Lipinski definition) is 0. The van der Waals surface area contributed by atoms with Gasteiger partial charge in [0.15, 0.2) is 0 Å². The van der Waals surface area contributed by atoms with Gasteiger partial charge in [0.25, 0.3) is 0 Å². The van der Waals surface area contributed by atoms with E-state index in [0.717, 1.165) is 6.42 Å². The fourth-order valence-electron chi connectivity index (χ4n) is 2.46. The lowest BCUT2D eigenvalue weighted by Crippen LogP contribution is -1.95. The molecule has 2 heteroatoms. The molecule has 0 saturated carbocycles. The molecule has 1 aromatic heterocycles. The molecule has 0 N–H and O–H groups in total. The quantitative estimate of drug-likeness (QED) is 0.763. The summed E-state index contributed by atoms with van der Waals surface area (Å²) in [4.78, 5) is 4.73. The SMILES string of the molecule is CCc1csc(C2CCc3ccccc32)n1. The van der Waals surface area contributed by atoms with E-state index in [4.69, 9.17) is 4.98 Å². The molecule has 3 rings (SSSR count). The van der Waals surface area contributed by atoms with E-state index < -0.39 is 0 Å². The lowest BCUT2D eigenvalue weighted by Gasteiger charge is -2.07. The van der Waals surface area contributed by atoms with Crippen LogP contribution in [0.1, 0.15) is 41.1 Å². The fraction of sp³-hybridized carbons (Fsp3) is 0.357. The van der Waals surface area contributed by atoms with Crippen molar-refractivity contribution in [1.29, 1.82) is 0 Å². The summed E-state index contributed by atoms with van der Waals surface area (Å²) in [5, 5.41) is 3.51. The van der Waals surface area contributed by atoms with Crippen LogP contribution in [0, 0.1) is 0 Å². The summed E-state index contributed by atoms with van der Waals surface area (Å²) in [5.74, 6) is 0.557. The molecule has 16 heavy (non-hydrogen) atoms. The standard InChI is InChI=1S/C14H15NS/c1-2-11-9-16-14(15-11)13-8-7-10-5-3-4-6-12(10)13/h3-6,9,13H,2,7-8H2,1H3. The molecule has 1 unspecified atom stereocenters. The number of nitrogens with zero attached hydrogens (tertiary/aromatic N) is 1. The van der Waals surface area contributed by atoms with E-state index in [9.17, 15) is 0 Å². The second-order valence-electron chi connectivity index (χ2n) is 4.32. The number of fused-ring (bicyclic) bond motifs is 1. The summed E-state index contributed by atoms with van der Waals surface area (Å²) in [6.45, 7) is 2.17. The molecule has 0 aliphatic heterocycles. The van der Waals surface area contributed by atoms with Crippen molar-refractivity contribution in [2.45, 2.75) is 32.1 Å². The Balaban J connectivity index is 1.98. The first-order valence-corrected chi connectivity index (χ1v) is 6.78. The van der Waals surface area contributed by atoms with Gasteiger partial charge in [0.05, 0.1) is 5.69 Å². The molecule has 0 fully saturated rings. The Morgan fingerprint density at radius 3 is 3.06 bits per heavy atom. The Kier molecular flexibility index (Phi) is 2.52. The Bertz CT molecular complexity index is 501. The van der Waals surface area contributed by atoms with Crippen molar-refractivity contribution >= 4 is 11.3 Å². The van der Waals surface area contributed by atoms with Crippen molar-refractivity contribution < 1.29 is 0 Å². The van der Waals surface area contributed by atoms with Gasteiger partial charge in [-0.15, -0.1) is 11.3 Å². The van der Waals surface area contributed by atoms with E-state index in [-0.39, 0.29) is 0 Å². The molecule has 1 aliphatic carbocycles. The van der Waals surface area contributed by atoms with E-state index >= 15 is 0 Å². The normalized spacial score (nSPS) is 18.7. The Morgan fingerprint density at radius 1 is 1.38 bits per heavy atom. The number of rotatable bonds is 2. The fourth-order valence-corrected chi connectivity index (χ4v) is 3.51. The van der Waals surface area contributed by atoms with E-state index in [1.165, 1.54) is 34.7 Å². The average molecular weight is 229 g/mol. The first kappa shape index (κ1) is 10.0. The highest BCUT2D eigenvalue weighted by Crippen LogP contribution is 2.38. The molecule has 82 valence electrons. The van der Waals surface area contributed by atoms with Crippen molar-refractivity contribution in [3.05, 3.63) is 51.5 Å². The highest BCUT2D eigenvalue weighted by molar-refractivity contribution is 7.09. The van der Waals surface area contributed by atoms with Crippen LogP contribution < -0.4 is 0 Å². The molecular weight excluding hydrogens is 214 g/mol. The van der Waals surface area contributed by atoms with Gasteiger partial charge in [-0.3, -0.25) is 0 Å². The van der Waals surface area contributed by atoms with E-state index in [1.807, 2.05) is 11.3 Å². The maximum absolute atomic E-state index is 4.73. The molecule has 1 atom stereocenters. The van der Waals surface area contributed by atoms with Gasteiger partial charge in [-0.1, -0.05) is 31.2 Å². The minimum absolute atomic E-state index is 0.557. The summed E-state index contributed by atoms with van der Waals surface area (Å²) >= 11 is 1.82. The summed E-state index contributed by atoms with van der Waals surface area (Å²) in [5.41, 5.74) is 4.25. The van der Waals surface area contributed by atoms with Gasteiger partial charge >= 0.3 is 0 Å². The third-order valence-electron chi connectivity index (χ3n) is 3.36. The van der Waals surface area contributed by atoms with Crippen LogP contribution in [0.25, 0.3) is 0 Å². The van der Waals surface area contributed by atoms with Crippen LogP contribution in [-0.2, 0) is 12.8 Å². The molecule has 1 aromatic carbocycles. The van der Waals surface area contributed by atoms with Crippen LogP contribution in [0.5, 0.6) is 0 Å². The molecule has 0 saturated heterocycles. The average Bonchev–Trinajstić information content (AvgIpc) is 2.94. The zero-order valence-electron chi connectivity index (χ0n) is 9.44. The first-order chi connectivity index (χ1) is 7.88. The highest BCUT2D eigenvalue weighted by Gasteiger charge is 2.25. The molecular formula is C14H15NS. The number of thiazole rings is 1. The highest BCUT2D eigenvalue weighted by atomic mass is 32.1. The van der Waals surface area contributed by atoms with E-state index in [2.05, 4.69) is 36.6 Å². The van der Waals surface area contributed by atoms with Crippen LogP contribution in [0.15, 0.2) is 29.6 Å². The Labute approximate surface area is 100 Å². The number of benzene rings is 1. The predicted molar refractivity (Wildman–Crippen MR) is 68.1 cm³/mol. The van der Waals surface area contributed by atoms with Crippen LogP contribution in [0.4, 0.5) is 0 Å². The van der Waals surface area contributed by atoms with Gasteiger partial charge in [0, 0.05) is 11.3 Å². The zero-order valence-corrected chi connectivity index (χ0v) is 10.3. The maximum atomic E-state index is 4.73. The zero-order chi connectivity index (χ0) is 11.0.